The zero-order valence-electron chi connectivity index (χ0n) is 11.8. The van der Waals surface area contributed by atoms with Crippen LogP contribution in [0.4, 0.5) is 0 Å². The number of carbonyl (C=O) groups excluding carboxylic acids is 1. The van der Waals surface area contributed by atoms with Gasteiger partial charge < -0.3 is 10.4 Å². The zero-order chi connectivity index (χ0) is 15.1. The monoisotopic (exact) mass is 299 g/mol. The fourth-order valence-electron chi connectivity index (χ4n) is 1.80. The molecule has 0 saturated carbocycles. The number of carbonyl (C=O) groups is 1. The van der Waals surface area contributed by atoms with E-state index < -0.39 is 0 Å². The number of nitrogens with one attached hydrogen (secondary N) is 1. The van der Waals surface area contributed by atoms with E-state index in [-0.39, 0.29) is 12.5 Å². The molecular formula is C17H17NO2S. The molecule has 0 aliphatic rings. The molecule has 0 atom stereocenters. The molecule has 0 aliphatic carbocycles. The van der Waals surface area contributed by atoms with Crippen molar-refractivity contribution in [2.24, 2.45) is 0 Å². The number of thiophene rings is 1. The lowest BCUT2D eigenvalue weighted by molar-refractivity contribution is 0.0955. The quantitative estimate of drug-likeness (QED) is 0.853. The normalized spacial score (nSPS) is 9.81. The molecule has 0 bridgehead atoms. The zero-order valence-corrected chi connectivity index (χ0v) is 12.7. The molecule has 1 heterocycles. The highest BCUT2D eigenvalue weighted by molar-refractivity contribution is 7.14. The Labute approximate surface area is 128 Å². The van der Waals surface area contributed by atoms with E-state index in [1.165, 1.54) is 16.9 Å². The van der Waals surface area contributed by atoms with Crippen LogP contribution < -0.4 is 5.32 Å². The van der Waals surface area contributed by atoms with Crippen molar-refractivity contribution in [2.75, 3.05) is 6.61 Å². The Bertz CT molecular complexity index is 679. The number of hydrogen-bond donors (Lipinski definition) is 2. The molecule has 108 valence electrons. The number of benzene rings is 1. The highest BCUT2D eigenvalue weighted by Gasteiger charge is 2.08. The van der Waals surface area contributed by atoms with Crippen molar-refractivity contribution < 1.29 is 9.90 Å². The van der Waals surface area contributed by atoms with Crippen LogP contribution in [0.5, 0.6) is 0 Å². The van der Waals surface area contributed by atoms with Crippen molar-refractivity contribution in [1.82, 2.24) is 5.32 Å². The van der Waals surface area contributed by atoms with Crippen LogP contribution in [-0.2, 0) is 6.54 Å². The first-order valence-corrected chi connectivity index (χ1v) is 7.54. The van der Waals surface area contributed by atoms with E-state index in [2.05, 4.69) is 17.2 Å². The largest absolute Gasteiger partial charge is 0.395 e. The van der Waals surface area contributed by atoms with Crippen LogP contribution in [0.25, 0.3) is 0 Å². The molecule has 1 aromatic heterocycles. The fraction of sp³-hybridized carbons (Fsp3) is 0.235. The van der Waals surface area contributed by atoms with E-state index >= 15 is 0 Å². The second kappa shape index (κ2) is 7.63. The molecular weight excluding hydrogens is 282 g/mol. The van der Waals surface area contributed by atoms with E-state index in [1.807, 2.05) is 37.3 Å². The summed E-state index contributed by atoms with van der Waals surface area (Å²) < 4.78 is 0. The molecule has 4 heteroatoms. The van der Waals surface area contributed by atoms with Crippen molar-refractivity contribution in [3.8, 4) is 11.8 Å². The summed E-state index contributed by atoms with van der Waals surface area (Å²) in [6, 6.07) is 11.6. The van der Waals surface area contributed by atoms with Crippen LogP contribution in [0.3, 0.4) is 0 Å². The maximum Gasteiger partial charge on any atom is 0.261 e. The van der Waals surface area contributed by atoms with Gasteiger partial charge in [0.2, 0.25) is 0 Å². The Morgan fingerprint density at radius 2 is 2.10 bits per heavy atom. The molecule has 2 rings (SSSR count). The van der Waals surface area contributed by atoms with Crippen molar-refractivity contribution >= 4 is 17.2 Å². The molecule has 21 heavy (non-hydrogen) atoms. The predicted molar refractivity (Wildman–Crippen MR) is 85.2 cm³/mol. The lowest BCUT2D eigenvalue weighted by Crippen LogP contribution is -2.22. The third-order valence-electron chi connectivity index (χ3n) is 2.98. The summed E-state index contributed by atoms with van der Waals surface area (Å²) in [5.41, 5.74) is 2.28. The number of amides is 1. The Balaban J connectivity index is 1.95. The molecule has 2 aromatic rings. The molecule has 0 spiro atoms. The number of aliphatic hydroxyl groups excluding tert-OH is 1. The molecule has 0 fully saturated rings. The van der Waals surface area contributed by atoms with Crippen molar-refractivity contribution in [1.29, 1.82) is 0 Å². The van der Waals surface area contributed by atoms with Crippen LogP contribution in [0, 0.1) is 18.8 Å². The third kappa shape index (κ3) is 4.45. The van der Waals surface area contributed by atoms with Gasteiger partial charge in [0.05, 0.1) is 16.4 Å². The minimum atomic E-state index is -0.0848. The molecule has 1 aromatic carbocycles. The van der Waals surface area contributed by atoms with Crippen LogP contribution in [-0.4, -0.2) is 17.6 Å². The average molecular weight is 299 g/mol. The highest BCUT2D eigenvalue weighted by atomic mass is 32.1. The minimum absolute atomic E-state index is 0.0577. The topological polar surface area (TPSA) is 49.3 Å². The van der Waals surface area contributed by atoms with E-state index in [0.717, 1.165) is 10.4 Å². The van der Waals surface area contributed by atoms with Crippen molar-refractivity contribution in [2.45, 2.75) is 19.9 Å². The Kier molecular flexibility index (Phi) is 5.56. The molecule has 0 saturated heterocycles. The number of rotatable bonds is 4. The standard InChI is InChI=1S/C17H17NO2S/c1-13-6-2-3-7-14(13)12-18-17(20)16-10-9-15(21-16)8-4-5-11-19/h2-3,6-7,9-10,19H,5,11-12H2,1H3,(H,18,20). The summed E-state index contributed by atoms with van der Waals surface area (Å²) in [7, 11) is 0. The minimum Gasteiger partial charge on any atom is -0.395 e. The Morgan fingerprint density at radius 3 is 2.86 bits per heavy atom. The first kappa shape index (κ1) is 15.3. The van der Waals surface area contributed by atoms with Gasteiger partial charge in [0.25, 0.3) is 5.91 Å². The second-order valence-electron chi connectivity index (χ2n) is 4.55. The van der Waals surface area contributed by atoms with Crippen LogP contribution in [0.15, 0.2) is 36.4 Å². The molecule has 2 N–H and O–H groups in total. The van der Waals surface area contributed by atoms with Gasteiger partial charge in [0.15, 0.2) is 0 Å². The van der Waals surface area contributed by atoms with Crippen LogP contribution >= 0.6 is 11.3 Å². The molecule has 0 unspecified atom stereocenters. The smallest absolute Gasteiger partial charge is 0.261 e. The van der Waals surface area contributed by atoms with Gasteiger partial charge in [-0.3, -0.25) is 4.79 Å². The van der Waals surface area contributed by atoms with E-state index in [1.54, 1.807) is 6.07 Å². The number of aliphatic hydroxyl groups is 1. The summed E-state index contributed by atoms with van der Waals surface area (Å²) in [5.74, 6) is 5.70. The van der Waals surface area contributed by atoms with Crippen molar-refractivity contribution in [3.05, 3.63) is 57.3 Å². The summed E-state index contributed by atoms with van der Waals surface area (Å²) in [4.78, 5) is 13.6. The van der Waals surface area contributed by atoms with E-state index in [4.69, 9.17) is 5.11 Å². The van der Waals surface area contributed by atoms with Crippen molar-refractivity contribution in [3.63, 3.8) is 0 Å². The first-order valence-electron chi connectivity index (χ1n) is 6.73. The number of hydrogen-bond acceptors (Lipinski definition) is 3. The van der Waals surface area contributed by atoms with Gasteiger partial charge in [-0.25, -0.2) is 0 Å². The highest BCUT2D eigenvalue weighted by Crippen LogP contribution is 2.15. The molecule has 3 nitrogen and oxygen atoms in total. The van der Waals surface area contributed by atoms with Gasteiger partial charge in [-0.15, -0.1) is 11.3 Å². The summed E-state index contributed by atoms with van der Waals surface area (Å²) >= 11 is 1.36. The summed E-state index contributed by atoms with van der Waals surface area (Å²) in [6.07, 6.45) is 0.451. The van der Waals surface area contributed by atoms with Gasteiger partial charge in [-0.2, -0.15) is 0 Å². The van der Waals surface area contributed by atoms with Gasteiger partial charge in [0.1, 0.15) is 0 Å². The molecule has 0 radical (unpaired) electrons. The summed E-state index contributed by atoms with van der Waals surface area (Å²) in [5, 5.41) is 11.6. The second-order valence-corrected chi connectivity index (χ2v) is 5.63. The maximum atomic E-state index is 12.1. The van der Waals surface area contributed by atoms with E-state index in [0.29, 0.717) is 17.8 Å². The SMILES string of the molecule is Cc1ccccc1CNC(=O)c1ccc(C#CCCO)s1. The Hall–Kier alpha value is -2.09. The van der Waals surface area contributed by atoms with Gasteiger partial charge >= 0.3 is 0 Å². The maximum absolute atomic E-state index is 12.1. The first-order chi connectivity index (χ1) is 10.2. The lowest BCUT2D eigenvalue weighted by atomic mass is 10.1. The third-order valence-corrected chi connectivity index (χ3v) is 3.98. The Morgan fingerprint density at radius 1 is 1.29 bits per heavy atom. The van der Waals surface area contributed by atoms with Gasteiger partial charge in [0, 0.05) is 13.0 Å². The van der Waals surface area contributed by atoms with Crippen LogP contribution in [0.2, 0.25) is 0 Å². The predicted octanol–water partition coefficient (Wildman–Crippen LogP) is 2.72. The summed E-state index contributed by atoms with van der Waals surface area (Å²) in [6.45, 7) is 2.61. The fourth-order valence-corrected chi connectivity index (χ4v) is 2.60. The number of aryl methyl sites for hydroxylation is 1. The molecule has 1 amide bonds. The van der Waals surface area contributed by atoms with Gasteiger partial charge in [-0.05, 0) is 30.2 Å². The van der Waals surface area contributed by atoms with Crippen LogP contribution in [0.1, 0.15) is 32.1 Å². The lowest BCUT2D eigenvalue weighted by Gasteiger charge is -2.06. The molecule has 0 aliphatic heterocycles. The van der Waals surface area contributed by atoms with Gasteiger partial charge in [-0.1, -0.05) is 36.1 Å². The average Bonchev–Trinajstić information content (AvgIpc) is 2.95. The van der Waals surface area contributed by atoms with E-state index in [9.17, 15) is 4.79 Å².